The van der Waals surface area contributed by atoms with Crippen LogP contribution in [-0.4, -0.2) is 15.8 Å². The number of benzene rings is 1. The largest absolute Gasteiger partial charge is 0.416 e. The van der Waals surface area contributed by atoms with Gasteiger partial charge in [-0.1, -0.05) is 25.6 Å². The minimum Gasteiger partial charge on any atom is -0.304 e. The molecule has 0 aromatic heterocycles. The van der Waals surface area contributed by atoms with Crippen molar-refractivity contribution in [3.8, 4) is 0 Å². The Labute approximate surface area is 156 Å². The van der Waals surface area contributed by atoms with Crippen LogP contribution >= 0.6 is 11.8 Å². The first kappa shape index (κ1) is 21.6. The summed E-state index contributed by atoms with van der Waals surface area (Å²) in [5.41, 5.74) is -3.03. The maximum Gasteiger partial charge on any atom is 0.416 e. The quantitative estimate of drug-likeness (QED) is 0.674. The lowest BCUT2D eigenvalue weighted by Crippen LogP contribution is -2.38. The highest BCUT2D eigenvalue weighted by Gasteiger charge is 2.45. The molecule has 150 valence electrons. The molecule has 0 bridgehead atoms. The third kappa shape index (κ3) is 4.59. The van der Waals surface area contributed by atoms with Crippen LogP contribution in [0.4, 0.5) is 26.3 Å². The van der Waals surface area contributed by atoms with Crippen molar-refractivity contribution in [3.63, 3.8) is 0 Å². The highest BCUT2D eigenvalue weighted by molar-refractivity contribution is 8.16. The molecule has 2 atom stereocenters. The summed E-state index contributed by atoms with van der Waals surface area (Å²) in [5, 5.41) is 2.72. The second-order valence-electron chi connectivity index (χ2n) is 6.77. The summed E-state index contributed by atoms with van der Waals surface area (Å²) >= 11 is 1.12. The number of amides is 1. The van der Waals surface area contributed by atoms with E-state index in [0.717, 1.165) is 11.8 Å². The lowest BCUT2D eigenvalue weighted by Gasteiger charge is -2.22. The molecule has 1 aromatic carbocycles. The van der Waals surface area contributed by atoms with E-state index in [2.05, 4.69) is 10.3 Å². The van der Waals surface area contributed by atoms with E-state index in [1.165, 1.54) is 6.92 Å². The predicted molar refractivity (Wildman–Crippen MR) is 91.3 cm³/mol. The third-order valence-electron chi connectivity index (χ3n) is 4.49. The Balaban J connectivity index is 2.42. The van der Waals surface area contributed by atoms with Crippen molar-refractivity contribution >= 4 is 22.8 Å². The number of hydrogen-bond acceptors (Lipinski definition) is 3. The van der Waals surface area contributed by atoms with Crippen molar-refractivity contribution in [3.05, 3.63) is 34.9 Å². The molecule has 0 saturated carbocycles. The molecule has 10 heteroatoms. The second-order valence-corrected chi connectivity index (χ2v) is 8.21. The SMILES string of the molecule is CC(N=C1NC(=O)C(C)(C(C)C)S1)c1cc(C(F)(F)F)cc(C(F)(F)F)c1. The molecule has 1 N–H and O–H groups in total. The first-order chi connectivity index (χ1) is 12.1. The van der Waals surface area contributed by atoms with Gasteiger partial charge in [-0.15, -0.1) is 0 Å². The van der Waals surface area contributed by atoms with Crippen LogP contribution in [0.2, 0.25) is 0 Å². The number of carbonyl (C=O) groups is 1. The summed E-state index contributed by atoms with van der Waals surface area (Å²) in [6, 6.07) is 0.358. The summed E-state index contributed by atoms with van der Waals surface area (Å²) in [6.45, 7) is 6.75. The number of hydrogen-bond donors (Lipinski definition) is 1. The van der Waals surface area contributed by atoms with Crippen LogP contribution in [0.5, 0.6) is 0 Å². The molecule has 1 saturated heterocycles. The van der Waals surface area contributed by atoms with E-state index < -0.39 is 34.3 Å². The lowest BCUT2D eigenvalue weighted by molar-refractivity contribution is -0.143. The molecule has 27 heavy (non-hydrogen) atoms. The first-order valence-corrected chi connectivity index (χ1v) is 8.84. The van der Waals surface area contributed by atoms with Gasteiger partial charge in [-0.3, -0.25) is 9.79 Å². The van der Waals surface area contributed by atoms with Gasteiger partial charge in [-0.25, -0.2) is 0 Å². The van der Waals surface area contributed by atoms with Crippen molar-refractivity contribution in [2.24, 2.45) is 10.9 Å². The van der Waals surface area contributed by atoms with E-state index in [4.69, 9.17) is 0 Å². The summed E-state index contributed by atoms with van der Waals surface area (Å²) in [7, 11) is 0. The van der Waals surface area contributed by atoms with E-state index in [1.807, 2.05) is 13.8 Å². The minimum absolute atomic E-state index is 0.0455. The zero-order chi connectivity index (χ0) is 20.8. The normalized spacial score (nSPS) is 23.8. The van der Waals surface area contributed by atoms with Gasteiger partial charge in [0.05, 0.1) is 17.2 Å². The van der Waals surface area contributed by atoms with Gasteiger partial charge in [0.25, 0.3) is 0 Å². The molecular formula is C17H18F6N2OS. The van der Waals surface area contributed by atoms with Crippen molar-refractivity contribution in [1.82, 2.24) is 5.32 Å². The number of thioether (sulfide) groups is 1. The standard InChI is InChI=1S/C17H18F6N2OS/c1-8(2)15(4)13(26)25-14(27-15)24-9(3)10-5-11(16(18,19)20)7-12(6-10)17(21,22)23/h5-9H,1-4H3,(H,24,25,26). The molecule has 0 radical (unpaired) electrons. The van der Waals surface area contributed by atoms with E-state index in [0.29, 0.717) is 12.1 Å². The van der Waals surface area contributed by atoms with Crippen LogP contribution in [-0.2, 0) is 17.1 Å². The number of alkyl halides is 6. The predicted octanol–water partition coefficient (Wildman–Crippen LogP) is 5.42. The summed E-state index contributed by atoms with van der Waals surface area (Å²) in [6.07, 6.45) is -9.84. The number of nitrogens with one attached hydrogen (secondary N) is 1. The maximum absolute atomic E-state index is 13.0. The molecule has 1 aromatic rings. The first-order valence-electron chi connectivity index (χ1n) is 8.02. The van der Waals surface area contributed by atoms with Gasteiger partial charge in [0, 0.05) is 0 Å². The second kappa shape index (κ2) is 7.03. The maximum atomic E-state index is 13.0. The van der Waals surface area contributed by atoms with Gasteiger partial charge in [0.2, 0.25) is 5.91 Å². The molecular weight excluding hydrogens is 394 g/mol. The molecule has 0 aliphatic carbocycles. The van der Waals surface area contributed by atoms with Crippen molar-refractivity contribution in [1.29, 1.82) is 0 Å². The molecule has 1 aliphatic heterocycles. The highest BCUT2D eigenvalue weighted by Crippen LogP contribution is 2.40. The van der Waals surface area contributed by atoms with Crippen molar-refractivity contribution in [2.75, 3.05) is 0 Å². The zero-order valence-electron chi connectivity index (χ0n) is 14.9. The van der Waals surface area contributed by atoms with Crippen molar-refractivity contribution in [2.45, 2.75) is 50.8 Å². The Hall–Kier alpha value is -1.71. The number of nitrogens with zero attached hydrogens (tertiary/aromatic N) is 1. The number of amidine groups is 1. The van der Waals surface area contributed by atoms with Crippen molar-refractivity contribution < 1.29 is 31.1 Å². The smallest absolute Gasteiger partial charge is 0.304 e. The fourth-order valence-corrected chi connectivity index (χ4v) is 3.54. The van der Waals surface area contributed by atoms with Crippen LogP contribution in [0.15, 0.2) is 23.2 Å². The number of aliphatic imine (C=N–C) groups is 1. The average Bonchev–Trinajstić information content (AvgIpc) is 2.80. The van der Waals surface area contributed by atoms with Crippen LogP contribution in [0.25, 0.3) is 0 Å². The topological polar surface area (TPSA) is 41.5 Å². The molecule has 1 amide bonds. The van der Waals surface area contributed by atoms with Gasteiger partial charge in [-0.2, -0.15) is 26.3 Å². The Morgan fingerprint density at radius 1 is 1.00 bits per heavy atom. The Bertz CT molecular complexity index is 739. The lowest BCUT2D eigenvalue weighted by atomic mass is 9.96. The molecule has 3 nitrogen and oxygen atoms in total. The van der Waals surface area contributed by atoms with E-state index >= 15 is 0 Å². The number of carbonyl (C=O) groups excluding carboxylic acids is 1. The number of halogens is 6. The van der Waals surface area contributed by atoms with Crippen LogP contribution in [0.3, 0.4) is 0 Å². The van der Waals surface area contributed by atoms with E-state index in [-0.39, 0.29) is 28.6 Å². The van der Waals surface area contributed by atoms with Gasteiger partial charge in [-0.05, 0) is 43.5 Å². The molecule has 1 fully saturated rings. The van der Waals surface area contributed by atoms with Gasteiger partial charge >= 0.3 is 12.4 Å². The monoisotopic (exact) mass is 412 g/mol. The molecule has 2 rings (SSSR count). The van der Waals surface area contributed by atoms with Gasteiger partial charge < -0.3 is 5.32 Å². The fourth-order valence-electron chi connectivity index (χ4n) is 2.40. The molecule has 0 spiro atoms. The Morgan fingerprint density at radius 2 is 1.48 bits per heavy atom. The average molecular weight is 412 g/mol. The van der Waals surface area contributed by atoms with Gasteiger partial charge in [0.15, 0.2) is 5.17 Å². The van der Waals surface area contributed by atoms with Crippen LogP contribution in [0.1, 0.15) is 50.4 Å². The number of rotatable bonds is 3. The van der Waals surface area contributed by atoms with Crippen LogP contribution in [0, 0.1) is 5.92 Å². The van der Waals surface area contributed by atoms with E-state index in [1.54, 1.807) is 6.92 Å². The van der Waals surface area contributed by atoms with Gasteiger partial charge in [0.1, 0.15) is 4.75 Å². The van der Waals surface area contributed by atoms with E-state index in [9.17, 15) is 31.1 Å². The van der Waals surface area contributed by atoms with Crippen LogP contribution < -0.4 is 5.32 Å². The summed E-state index contributed by atoms with van der Waals surface area (Å²) in [4.78, 5) is 16.3. The molecule has 2 unspecified atom stereocenters. The highest BCUT2D eigenvalue weighted by atomic mass is 32.2. The molecule has 1 aliphatic rings. The third-order valence-corrected chi connectivity index (χ3v) is 5.97. The molecule has 1 heterocycles. The Morgan fingerprint density at radius 3 is 1.85 bits per heavy atom. The minimum atomic E-state index is -4.92. The Kier molecular flexibility index (Phi) is 5.62. The fraction of sp³-hybridized carbons (Fsp3) is 0.529. The zero-order valence-corrected chi connectivity index (χ0v) is 15.7. The summed E-state index contributed by atoms with van der Waals surface area (Å²) in [5.74, 6) is -0.343. The summed E-state index contributed by atoms with van der Waals surface area (Å²) < 4.78 is 77.1.